The molecule has 0 aliphatic heterocycles. The summed E-state index contributed by atoms with van der Waals surface area (Å²) in [6, 6.07) is 1.10. The Balaban J connectivity index is 2.73. The summed E-state index contributed by atoms with van der Waals surface area (Å²) in [4.78, 5) is 6.85. The van der Waals surface area contributed by atoms with Gasteiger partial charge in [0.15, 0.2) is 0 Å². The van der Waals surface area contributed by atoms with Crippen molar-refractivity contribution in [3.8, 4) is 5.75 Å². The van der Waals surface area contributed by atoms with Gasteiger partial charge in [0, 0.05) is 6.07 Å². The molecule has 25 heavy (non-hydrogen) atoms. The quantitative estimate of drug-likeness (QED) is 0.596. The van der Waals surface area contributed by atoms with Crippen LogP contribution >= 0.6 is 0 Å². The molecule has 1 aromatic heterocycles. The van der Waals surface area contributed by atoms with Crippen LogP contribution in [0.2, 0.25) is 0 Å². The van der Waals surface area contributed by atoms with Gasteiger partial charge in [-0.25, -0.2) is 0 Å². The first-order valence-electron chi connectivity index (χ1n) is 5.93. The van der Waals surface area contributed by atoms with Gasteiger partial charge >= 0.3 is 12.2 Å². The lowest BCUT2D eigenvalue weighted by Gasteiger charge is -2.13. The first kappa shape index (κ1) is 18.8. The smallest absolute Gasteiger partial charge is 0.315 e. The van der Waals surface area contributed by atoms with Crippen LogP contribution < -0.4 is 10.1 Å². The highest BCUT2D eigenvalue weighted by Crippen LogP contribution is 2.34. The lowest BCUT2D eigenvalue weighted by molar-refractivity contribution is 0.395. The number of aromatic nitrogens is 3. The van der Waals surface area contributed by atoms with Crippen molar-refractivity contribution in [3.05, 3.63) is 24.3 Å². The van der Waals surface area contributed by atoms with E-state index in [2.05, 4.69) is 19.7 Å². The van der Waals surface area contributed by atoms with Gasteiger partial charge < -0.3 is 10.1 Å². The minimum Gasteiger partial charge on any atom is -0.495 e. The topological polar surface area (TPSA) is 169 Å². The Morgan fingerprint density at radius 3 is 1.92 bits per heavy atom. The van der Waals surface area contributed by atoms with Crippen molar-refractivity contribution in [1.29, 1.82) is 0 Å². The molecular formula is C10H8F2N4O7S2. The monoisotopic (exact) mass is 398 g/mol. The van der Waals surface area contributed by atoms with E-state index in [0.717, 1.165) is 7.11 Å². The van der Waals surface area contributed by atoms with E-state index in [1.807, 2.05) is 5.32 Å². The molecule has 0 unspecified atom stereocenters. The first-order valence-corrected chi connectivity index (χ1v) is 8.81. The highest BCUT2D eigenvalue weighted by atomic mass is 32.2. The summed E-state index contributed by atoms with van der Waals surface area (Å²) in [6.07, 6.45) is -3.10. The van der Waals surface area contributed by atoms with Crippen LogP contribution in [0, 0.1) is 12.2 Å². The number of ether oxygens (including phenoxy) is 1. The van der Waals surface area contributed by atoms with Gasteiger partial charge in [0.25, 0.3) is 20.2 Å². The van der Waals surface area contributed by atoms with Gasteiger partial charge in [-0.05, 0) is 6.07 Å². The average Bonchev–Trinajstić information content (AvgIpc) is 2.43. The van der Waals surface area contributed by atoms with E-state index in [4.69, 9.17) is 4.55 Å². The van der Waals surface area contributed by atoms with Crippen LogP contribution in [-0.2, 0) is 20.2 Å². The van der Waals surface area contributed by atoms with Crippen LogP contribution in [0.5, 0.6) is 5.75 Å². The molecule has 2 aromatic rings. The van der Waals surface area contributed by atoms with Crippen molar-refractivity contribution in [3.63, 3.8) is 0 Å². The second-order valence-corrected chi connectivity index (χ2v) is 7.05. The van der Waals surface area contributed by atoms with Gasteiger partial charge in [0.1, 0.15) is 15.5 Å². The Morgan fingerprint density at radius 2 is 1.48 bits per heavy atom. The predicted octanol–water partition coefficient (Wildman–Crippen LogP) is 0.395. The molecule has 1 heterocycles. The zero-order chi connectivity index (χ0) is 19.0. The van der Waals surface area contributed by atoms with Crippen LogP contribution in [0.15, 0.2) is 21.9 Å². The third-order valence-electron chi connectivity index (χ3n) is 2.65. The minimum atomic E-state index is -4.95. The van der Waals surface area contributed by atoms with E-state index >= 15 is 0 Å². The summed E-state index contributed by atoms with van der Waals surface area (Å²) in [5, 5.41) is 2.01. The normalized spacial score (nSPS) is 12.0. The maximum absolute atomic E-state index is 13.0. The molecule has 0 saturated carbocycles. The zero-order valence-electron chi connectivity index (χ0n) is 12.0. The number of benzene rings is 1. The molecule has 0 saturated heterocycles. The Hall–Kier alpha value is -2.49. The molecule has 0 radical (unpaired) electrons. The number of rotatable bonds is 5. The summed E-state index contributed by atoms with van der Waals surface area (Å²) in [6.45, 7) is 0. The fourth-order valence-electron chi connectivity index (χ4n) is 1.72. The second kappa shape index (κ2) is 6.43. The summed E-state index contributed by atoms with van der Waals surface area (Å²) in [5.41, 5.74) is -0.707. The van der Waals surface area contributed by atoms with Gasteiger partial charge in [-0.2, -0.15) is 40.6 Å². The van der Waals surface area contributed by atoms with Gasteiger partial charge in [-0.15, -0.1) is 0 Å². The number of methoxy groups -OCH3 is 1. The van der Waals surface area contributed by atoms with Crippen LogP contribution in [0.25, 0.3) is 0 Å². The Bertz CT molecular complexity index is 1020. The number of hydrogen-bond donors (Lipinski definition) is 3. The standard InChI is InChI=1S/C10H8F2N4O7S2/c1-23-5-3-6(24(17,18)19)4(2-7(5)25(20,21)22)13-10-15-8(11)14-9(12)16-10/h2-3H,1H3,(H,17,18,19)(H,20,21,22)(H,13,14,15,16). The predicted molar refractivity (Wildman–Crippen MR) is 75.6 cm³/mol. The van der Waals surface area contributed by atoms with Gasteiger partial charge in [0.05, 0.1) is 12.8 Å². The first-order chi connectivity index (χ1) is 11.4. The zero-order valence-corrected chi connectivity index (χ0v) is 13.6. The number of halogens is 2. The second-order valence-electron chi connectivity index (χ2n) is 4.27. The van der Waals surface area contributed by atoms with E-state index in [1.165, 1.54) is 0 Å². The Labute approximate surface area is 139 Å². The van der Waals surface area contributed by atoms with Crippen LogP contribution in [0.1, 0.15) is 0 Å². The highest BCUT2D eigenvalue weighted by Gasteiger charge is 2.25. The molecule has 3 N–H and O–H groups in total. The highest BCUT2D eigenvalue weighted by molar-refractivity contribution is 7.86. The van der Waals surface area contributed by atoms with Crippen molar-refractivity contribution >= 4 is 31.9 Å². The third kappa shape index (κ3) is 4.32. The van der Waals surface area contributed by atoms with E-state index in [9.17, 15) is 30.2 Å². The van der Waals surface area contributed by atoms with Crippen molar-refractivity contribution in [2.75, 3.05) is 12.4 Å². The number of nitrogens with zero attached hydrogens (tertiary/aromatic N) is 3. The Morgan fingerprint density at radius 1 is 0.960 bits per heavy atom. The lowest BCUT2D eigenvalue weighted by atomic mass is 10.3. The molecule has 0 fully saturated rings. The lowest BCUT2D eigenvalue weighted by Crippen LogP contribution is -2.10. The van der Waals surface area contributed by atoms with Crippen molar-refractivity contribution in [2.45, 2.75) is 9.79 Å². The van der Waals surface area contributed by atoms with Crippen LogP contribution in [0.4, 0.5) is 20.4 Å². The molecule has 0 amide bonds. The fourth-order valence-corrected chi connectivity index (χ4v) is 3.02. The van der Waals surface area contributed by atoms with Crippen molar-refractivity contribution in [2.24, 2.45) is 0 Å². The minimum absolute atomic E-state index is 0.539. The molecule has 0 bridgehead atoms. The molecule has 0 aliphatic carbocycles. The molecule has 1 aromatic carbocycles. The largest absolute Gasteiger partial charge is 0.495 e. The van der Waals surface area contributed by atoms with Crippen molar-refractivity contribution < 1.29 is 39.5 Å². The fraction of sp³-hybridized carbons (Fsp3) is 0.100. The molecule has 0 atom stereocenters. The van der Waals surface area contributed by atoms with Gasteiger partial charge in [-0.3, -0.25) is 9.11 Å². The van der Waals surface area contributed by atoms with Crippen LogP contribution in [-0.4, -0.2) is 48.0 Å². The maximum Gasteiger partial charge on any atom is 0.315 e. The molecule has 136 valence electrons. The average molecular weight is 398 g/mol. The van der Waals surface area contributed by atoms with Crippen molar-refractivity contribution in [1.82, 2.24) is 15.0 Å². The summed E-state index contributed by atoms with van der Waals surface area (Å²) in [5.74, 6) is -1.45. The Kier molecular flexibility index (Phi) is 4.85. The van der Waals surface area contributed by atoms with Crippen LogP contribution in [0.3, 0.4) is 0 Å². The van der Waals surface area contributed by atoms with E-state index < -0.39 is 59.6 Å². The molecule has 15 heteroatoms. The molecule has 0 aliphatic rings. The van der Waals surface area contributed by atoms with E-state index in [-0.39, 0.29) is 0 Å². The third-order valence-corrected chi connectivity index (χ3v) is 4.42. The summed E-state index contributed by atoms with van der Waals surface area (Å²) < 4.78 is 94.6. The molecule has 2 rings (SSSR count). The molecule has 0 spiro atoms. The van der Waals surface area contributed by atoms with E-state index in [1.54, 1.807) is 0 Å². The van der Waals surface area contributed by atoms with Gasteiger partial charge in [0.2, 0.25) is 5.95 Å². The van der Waals surface area contributed by atoms with E-state index in [0.29, 0.717) is 12.1 Å². The SMILES string of the molecule is COc1cc(S(=O)(=O)O)c(Nc2nc(F)nc(F)n2)cc1S(=O)(=O)O. The number of anilines is 2. The van der Waals surface area contributed by atoms with Gasteiger partial charge in [-0.1, -0.05) is 0 Å². The molecular weight excluding hydrogens is 390 g/mol. The molecule has 11 nitrogen and oxygen atoms in total. The number of nitrogens with one attached hydrogen (secondary N) is 1. The number of hydrogen-bond acceptors (Lipinski definition) is 9. The summed E-state index contributed by atoms with van der Waals surface area (Å²) in [7, 11) is -8.85. The maximum atomic E-state index is 13.0. The summed E-state index contributed by atoms with van der Waals surface area (Å²) >= 11 is 0.